The Balaban J connectivity index is 1.59. The lowest BCUT2D eigenvalue weighted by molar-refractivity contribution is -0.384. The highest BCUT2D eigenvalue weighted by atomic mass is 79.9. The maximum atomic E-state index is 12.6. The molecule has 32 heavy (non-hydrogen) atoms. The van der Waals surface area contributed by atoms with Gasteiger partial charge < -0.3 is 9.47 Å². The normalized spacial score (nSPS) is 12.5. The van der Waals surface area contributed by atoms with Gasteiger partial charge in [0.15, 0.2) is 23.1 Å². The van der Waals surface area contributed by atoms with Crippen LogP contribution >= 0.6 is 15.9 Å². The molecule has 0 unspecified atom stereocenters. The molecule has 1 aliphatic rings. The molecule has 3 aromatic carbocycles. The molecular weight excluding hydrogens is 478 g/mol. The van der Waals surface area contributed by atoms with E-state index in [-0.39, 0.29) is 29.4 Å². The number of Topliss-reactive ketones (excluding diaryl/α,β-unsaturated/α-hetero) is 2. The summed E-state index contributed by atoms with van der Waals surface area (Å²) >= 11 is 3.46. The number of hydrogen-bond acceptors (Lipinski definition) is 6. The SMILES string of the molecule is COc1cc(C=C2C(=O)c3ccccc3C2=O)cc(Br)c1OCc1ccc([N+](=O)[O-])cc1. The van der Waals surface area contributed by atoms with Gasteiger partial charge in [-0.05, 0) is 57.4 Å². The lowest BCUT2D eigenvalue weighted by Crippen LogP contribution is -2.01. The van der Waals surface area contributed by atoms with E-state index in [1.807, 2.05) is 0 Å². The number of ketones is 2. The minimum atomic E-state index is -0.462. The molecule has 0 fully saturated rings. The average Bonchev–Trinajstić information content (AvgIpc) is 3.03. The summed E-state index contributed by atoms with van der Waals surface area (Å²) in [6, 6.07) is 16.2. The van der Waals surface area contributed by atoms with Crippen LogP contribution in [0.25, 0.3) is 6.08 Å². The maximum Gasteiger partial charge on any atom is 0.269 e. The van der Waals surface area contributed by atoms with Crippen LogP contribution in [0.15, 0.2) is 70.7 Å². The Morgan fingerprint density at radius 2 is 1.62 bits per heavy atom. The van der Waals surface area contributed by atoms with Crippen molar-refractivity contribution in [2.24, 2.45) is 0 Å². The molecular formula is C24H16BrNO6. The fraction of sp³-hybridized carbons (Fsp3) is 0.0833. The molecule has 1 aliphatic carbocycles. The van der Waals surface area contributed by atoms with Crippen LogP contribution in [0.3, 0.4) is 0 Å². The molecule has 0 heterocycles. The van der Waals surface area contributed by atoms with Crippen molar-refractivity contribution < 1.29 is 24.0 Å². The van der Waals surface area contributed by atoms with E-state index < -0.39 is 4.92 Å². The summed E-state index contributed by atoms with van der Waals surface area (Å²) in [6.07, 6.45) is 1.54. The molecule has 0 saturated carbocycles. The molecule has 0 aromatic heterocycles. The minimum Gasteiger partial charge on any atom is -0.493 e. The van der Waals surface area contributed by atoms with Crippen LogP contribution in [0, 0.1) is 10.1 Å². The molecule has 3 aromatic rings. The molecule has 0 aliphatic heterocycles. The third-order valence-electron chi connectivity index (χ3n) is 5.00. The van der Waals surface area contributed by atoms with Crippen molar-refractivity contribution in [1.82, 2.24) is 0 Å². The second-order valence-corrected chi connectivity index (χ2v) is 7.86. The van der Waals surface area contributed by atoms with Crippen LogP contribution in [0.5, 0.6) is 11.5 Å². The number of halogens is 1. The lowest BCUT2D eigenvalue weighted by Gasteiger charge is -2.14. The number of hydrogen-bond donors (Lipinski definition) is 0. The van der Waals surface area contributed by atoms with Crippen molar-refractivity contribution in [3.63, 3.8) is 0 Å². The number of nitrogens with zero attached hydrogens (tertiary/aromatic N) is 1. The molecule has 0 atom stereocenters. The zero-order chi connectivity index (χ0) is 22.8. The second kappa shape index (κ2) is 8.76. The van der Waals surface area contributed by atoms with Crippen molar-refractivity contribution in [2.75, 3.05) is 7.11 Å². The molecule has 0 saturated heterocycles. The first-order valence-electron chi connectivity index (χ1n) is 9.53. The molecule has 0 spiro atoms. The molecule has 7 nitrogen and oxygen atoms in total. The van der Waals surface area contributed by atoms with Gasteiger partial charge in [0, 0.05) is 23.3 Å². The van der Waals surface area contributed by atoms with Crippen molar-refractivity contribution in [3.05, 3.63) is 103 Å². The molecule has 0 amide bonds. The van der Waals surface area contributed by atoms with Crippen LogP contribution in [0.1, 0.15) is 31.8 Å². The number of benzene rings is 3. The first-order chi connectivity index (χ1) is 15.4. The van der Waals surface area contributed by atoms with Gasteiger partial charge in [-0.1, -0.05) is 24.3 Å². The van der Waals surface area contributed by atoms with E-state index in [1.54, 1.807) is 48.5 Å². The van der Waals surface area contributed by atoms with Crippen LogP contribution in [0.4, 0.5) is 5.69 Å². The van der Waals surface area contributed by atoms with Gasteiger partial charge in [0.05, 0.1) is 22.1 Å². The largest absolute Gasteiger partial charge is 0.493 e. The van der Waals surface area contributed by atoms with Gasteiger partial charge >= 0.3 is 0 Å². The van der Waals surface area contributed by atoms with E-state index >= 15 is 0 Å². The number of nitro benzene ring substituents is 1. The Kier molecular flexibility index (Phi) is 5.87. The Morgan fingerprint density at radius 3 is 2.19 bits per heavy atom. The first-order valence-corrected chi connectivity index (χ1v) is 10.3. The summed E-state index contributed by atoms with van der Waals surface area (Å²) < 4.78 is 11.9. The van der Waals surface area contributed by atoms with E-state index in [4.69, 9.17) is 9.47 Å². The van der Waals surface area contributed by atoms with Crippen molar-refractivity contribution in [3.8, 4) is 11.5 Å². The van der Waals surface area contributed by atoms with Crippen LogP contribution in [-0.2, 0) is 6.61 Å². The molecule has 0 bridgehead atoms. The smallest absolute Gasteiger partial charge is 0.269 e. The molecule has 0 radical (unpaired) electrons. The summed E-state index contributed by atoms with van der Waals surface area (Å²) in [5.41, 5.74) is 2.25. The standard InChI is InChI=1S/C24H16BrNO6/c1-31-21-12-15(10-19-22(27)17-4-2-3-5-18(17)23(19)28)11-20(25)24(21)32-13-14-6-8-16(9-7-14)26(29)30/h2-12H,13H2,1H3. The predicted molar refractivity (Wildman–Crippen MR) is 121 cm³/mol. The number of non-ortho nitro benzene ring substituents is 1. The zero-order valence-electron chi connectivity index (χ0n) is 16.8. The number of ether oxygens (including phenoxy) is 2. The third-order valence-corrected chi connectivity index (χ3v) is 5.59. The predicted octanol–water partition coefficient (Wildman–Crippen LogP) is 5.41. The van der Waals surface area contributed by atoms with Crippen molar-refractivity contribution >= 4 is 39.3 Å². The number of nitro groups is 1. The number of fused-ring (bicyclic) bond motifs is 1. The highest BCUT2D eigenvalue weighted by molar-refractivity contribution is 9.10. The molecule has 0 N–H and O–H groups in total. The quantitative estimate of drug-likeness (QED) is 0.197. The second-order valence-electron chi connectivity index (χ2n) is 7.01. The Bertz CT molecular complexity index is 1240. The summed E-state index contributed by atoms with van der Waals surface area (Å²) in [5.74, 6) is 0.224. The monoisotopic (exact) mass is 493 g/mol. The molecule has 160 valence electrons. The maximum absolute atomic E-state index is 12.6. The summed E-state index contributed by atoms with van der Waals surface area (Å²) in [5, 5.41) is 10.8. The van der Waals surface area contributed by atoms with Gasteiger partial charge in [0.25, 0.3) is 5.69 Å². The topological polar surface area (TPSA) is 95.7 Å². The Hall–Kier alpha value is -3.78. The van der Waals surface area contributed by atoms with E-state index in [9.17, 15) is 19.7 Å². The lowest BCUT2D eigenvalue weighted by atomic mass is 10.1. The van der Waals surface area contributed by atoms with Gasteiger partial charge in [-0.25, -0.2) is 0 Å². The van der Waals surface area contributed by atoms with Gasteiger partial charge in [-0.2, -0.15) is 0 Å². The van der Waals surface area contributed by atoms with E-state index in [1.165, 1.54) is 25.3 Å². The number of rotatable bonds is 6. The summed E-state index contributed by atoms with van der Waals surface area (Å²) in [7, 11) is 1.49. The van der Waals surface area contributed by atoms with Gasteiger partial charge in [0.1, 0.15) is 6.61 Å². The number of carbonyl (C=O) groups excluding carboxylic acids is 2. The van der Waals surface area contributed by atoms with Crippen LogP contribution in [0.2, 0.25) is 0 Å². The minimum absolute atomic E-state index is 0.00283. The Morgan fingerprint density at radius 1 is 1.00 bits per heavy atom. The number of carbonyl (C=O) groups is 2. The fourth-order valence-electron chi connectivity index (χ4n) is 3.40. The van der Waals surface area contributed by atoms with Crippen LogP contribution in [-0.4, -0.2) is 23.6 Å². The highest BCUT2D eigenvalue weighted by Crippen LogP contribution is 2.38. The fourth-order valence-corrected chi connectivity index (χ4v) is 3.98. The molecule has 8 heteroatoms. The van der Waals surface area contributed by atoms with Gasteiger partial charge in [0.2, 0.25) is 0 Å². The van der Waals surface area contributed by atoms with E-state index in [0.29, 0.717) is 32.7 Å². The van der Waals surface area contributed by atoms with Gasteiger partial charge in [-0.15, -0.1) is 0 Å². The van der Waals surface area contributed by atoms with E-state index in [2.05, 4.69) is 15.9 Å². The number of allylic oxidation sites excluding steroid dienone is 1. The summed E-state index contributed by atoms with van der Waals surface area (Å²) in [6.45, 7) is 0.166. The number of methoxy groups -OCH3 is 1. The first kappa shape index (κ1) is 21.5. The third kappa shape index (κ3) is 4.04. The van der Waals surface area contributed by atoms with Crippen molar-refractivity contribution in [2.45, 2.75) is 6.61 Å². The summed E-state index contributed by atoms with van der Waals surface area (Å²) in [4.78, 5) is 35.6. The van der Waals surface area contributed by atoms with Crippen molar-refractivity contribution in [1.29, 1.82) is 0 Å². The van der Waals surface area contributed by atoms with Crippen LogP contribution < -0.4 is 9.47 Å². The highest BCUT2D eigenvalue weighted by Gasteiger charge is 2.32. The van der Waals surface area contributed by atoms with E-state index in [0.717, 1.165) is 5.56 Å². The average molecular weight is 494 g/mol. The van der Waals surface area contributed by atoms with Gasteiger partial charge in [-0.3, -0.25) is 19.7 Å². The molecule has 4 rings (SSSR count). The Labute approximate surface area is 191 Å². The zero-order valence-corrected chi connectivity index (χ0v) is 18.4.